The van der Waals surface area contributed by atoms with E-state index in [0.29, 0.717) is 6.54 Å². The molecule has 2 aromatic rings. The SMILES string of the molecule is O=C(NCCc1nc2ccccc2s1)C1NCC12CCOCC2. The fraction of sp³-hybridized carbons (Fsp3) is 0.529. The molecular formula is C17H21N3O2S. The monoisotopic (exact) mass is 331 g/mol. The fourth-order valence-corrected chi connectivity index (χ4v) is 4.50. The third-order valence-corrected chi connectivity index (χ3v) is 6.09. The van der Waals surface area contributed by atoms with Gasteiger partial charge in [-0.15, -0.1) is 11.3 Å². The largest absolute Gasteiger partial charge is 0.381 e. The van der Waals surface area contributed by atoms with Gasteiger partial charge >= 0.3 is 0 Å². The molecule has 2 saturated heterocycles. The van der Waals surface area contributed by atoms with E-state index in [2.05, 4.69) is 21.7 Å². The van der Waals surface area contributed by atoms with Crippen LogP contribution < -0.4 is 10.6 Å². The van der Waals surface area contributed by atoms with Crippen LogP contribution in [0.15, 0.2) is 24.3 Å². The number of ether oxygens (including phenoxy) is 1. The lowest BCUT2D eigenvalue weighted by atomic mass is 9.67. The van der Waals surface area contributed by atoms with Crippen LogP contribution in [0, 0.1) is 5.41 Å². The van der Waals surface area contributed by atoms with Gasteiger partial charge in [0, 0.05) is 38.1 Å². The van der Waals surface area contributed by atoms with Crippen molar-refractivity contribution in [2.75, 3.05) is 26.3 Å². The zero-order valence-corrected chi connectivity index (χ0v) is 13.8. The van der Waals surface area contributed by atoms with E-state index in [9.17, 15) is 4.79 Å². The molecule has 2 fully saturated rings. The third kappa shape index (κ3) is 2.86. The minimum Gasteiger partial charge on any atom is -0.381 e. The molecule has 4 rings (SSSR count). The topological polar surface area (TPSA) is 63.2 Å². The van der Waals surface area contributed by atoms with Crippen LogP contribution in [0.1, 0.15) is 17.8 Å². The molecular weight excluding hydrogens is 310 g/mol. The van der Waals surface area contributed by atoms with E-state index in [-0.39, 0.29) is 17.4 Å². The van der Waals surface area contributed by atoms with Crippen LogP contribution in [0.25, 0.3) is 10.2 Å². The quantitative estimate of drug-likeness (QED) is 0.895. The molecule has 2 N–H and O–H groups in total. The Morgan fingerprint density at radius 1 is 1.39 bits per heavy atom. The Morgan fingerprint density at radius 3 is 2.96 bits per heavy atom. The molecule has 122 valence electrons. The Bertz CT molecular complexity index is 676. The smallest absolute Gasteiger partial charge is 0.237 e. The van der Waals surface area contributed by atoms with Gasteiger partial charge in [0.2, 0.25) is 5.91 Å². The number of hydrogen-bond acceptors (Lipinski definition) is 5. The van der Waals surface area contributed by atoms with E-state index in [4.69, 9.17) is 4.74 Å². The van der Waals surface area contributed by atoms with Crippen molar-refractivity contribution in [1.29, 1.82) is 0 Å². The summed E-state index contributed by atoms with van der Waals surface area (Å²) in [7, 11) is 0. The van der Waals surface area contributed by atoms with Crippen LogP contribution in [0.3, 0.4) is 0 Å². The Balaban J connectivity index is 1.31. The number of nitrogens with zero attached hydrogens (tertiary/aromatic N) is 1. The molecule has 0 bridgehead atoms. The van der Waals surface area contributed by atoms with Gasteiger partial charge in [-0.3, -0.25) is 4.79 Å². The summed E-state index contributed by atoms with van der Waals surface area (Å²) in [5.41, 5.74) is 1.17. The molecule has 5 nitrogen and oxygen atoms in total. The molecule has 1 aromatic heterocycles. The third-order valence-electron chi connectivity index (χ3n) is 5.00. The predicted molar refractivity (Wildman–Crippen MR) is 90.6 cm³/mol. The van der Waals surface area contributed by atoms with Crippen LogP contribution in [-0.4, -0.2) is 43.2 Å². The number of benzene rings is 1. The maximum atomic E-state index is 12.4. The number of carbonyl (C=O) groups is 1. The molecule has 0 aliphatic carbocycles. The summed E-state index contributed by atoms with van der Waals surface area (Å²) >= 11 is 1.70. The van der Waals surface area contributed by atoms with Gasteiger partial charge in [-0.2, -0.15) is 0 Å². The Labute approximate surface area is 139 Å². The van der Waals surface area contributed by atoms with Crippen molar-refractivity contribution < 1.29 is 9.53 Å². The van der Waals surface area contributed by atoms with Crippen molar-refractivity contribution in [2.45, 2.75) is 25.3 Å². The molecule has 1 amide bonds. The lowest BCUT2D eigenvalue weighted by Gasteiger charge is -2.51. The van der Waals surface area contributed by atoms with Crippen LogP contribution in [0.4, 0.5) is 0 Å². The summed E-state index contributed by atoms with van der Waals surface area (Å²) in [6.45, 7) is 3.13. The van der Waals surface area contributed by atoms with Gasteiger partial charge in [-0.1, -0.05) is 12.1 Å². The number of para-hydroxylation sites is 1. The van der Waals surface area contributed by atoms with E-state index >= 15 is 0 Å². The van der Waals surface area contributed by atoms with Crippen molar-refractivity contribution in [3.8, 4) is 0 Å². The number of carbonyl (C=O) groups excluding carboxylic acids is 1. The van der Waals surface area contributed by atoms with E-state index < -0.39 is 0 Å². The number of fused-ring (bicyclic) bond motifs is 1. The van der Waals surface area contributed by atoms with Crippen LogP contribution in [0.5, 0.6) is 0 Å². The first-order valence-corrected chi connectivity index (χ1v) is 9.02. The number of hydrogen-bond donors (Lipinski definition) is 2. The second-order valence-electron chi connectivity index (χ2n) is 6.41. The van der Waals surface area contributed by atoms with Crippen molar-refractivity contribution in [3.63, 3.8) is 0 Å². The summed E-state index contributed by atoms with van der Waals surface area (Å²) < 4.78 is 6.63. The molecule has 0 radical (unpaired) electrons. The number of nitrogens with one attached hydrogen (secondary N) is 2. The van der Waals surface area contributed by atoms with E-state index in [0.717, 1.165) is 49.5 Å². The van der Waals surface area contributed by atoms with Crippen LogP contribution in [0.2, 0.25) is 0 Å². The van der Waals surface area contributed by atoms with Crippen molar-refractivity contribution >= 4 is 27.5 Å². The number of amides is 1. The van der Waals surface area contributed by atoms with E-state index in [1.807, 2.05) is 18.2 Å². The minimum absolute atomic E-state index is 0.0539. The molecule has 1 aromatic carbocycles. The average Bonchev–Trinajstić information content (AvgIpc) is 2.97. The Morgan fingerprint density at radius 2 is 2.22 bits per heavy atom. The summed E-state index contributed by atoms with van der Waals surface area (Å²) in [6, 6.07) is 8.09. The maximum Gasteiger partial charge on any atom is 0.237 e. The van der Waals surface area contributed by atoms with E-state index in [1.54, 1.807) is 11.3 Å². The Kier molecular flexibility index (Phi) is 4.05. The first kappa shape index (κ1) is 15.1. The standard InChI is InChI=1S/C17H21N3O2S/c21-16(15-17(11-19-15)6-9-22-10-7-17)18-8-5-14-20-12-3-1-2-4-13(12)23-14/h1-4,15,19H,5-11H2,(H,18,21). The van der Waals surface area contributed by atoms with Crippen molar-refractivity contribution in [2.24, 2.45) is 5.41 Å². The highest BCUT2D eigenvalue weighted by Gasteiger charge is 2.50. The second-order valence-corrected chi connectivity index (χ2v) is 7.52. The highest BCUT2D eigenvalue weighted by atomic mass is 32.1. The van der Waals surface area contributed by atoms with E-state index in [1.165, 1.54) is 4.70 Å². The first-order chi connectivity index (χ1) is 11.3. The molecule has 1 atom stereocenters. The zero-order valence-electron chi connectivity index (χ0n) is 13.0. The fourth-order valence-electron chi connectivity index (χ4n) is 3.53. The summed E-state index contributed by atoms with van der Waals surface area (Å²) in [5, 5.41) is 7.45. The molecule has 2 aliphatic heterocycles. The normalized spacial score (nSPS) is 22.9. The van der Waals surface area contributed by atoms with Crippen molar-refractivity contribution in [1.82, 2.24) is 15.6 Å². The average molecular weight is 331 g/mol. The van der Waals surface area contributed by atoms with Crippen LogP contribution in [-0.2, 0) is 16.0 Å². The van der Waals surface area contributed by atoms with Gasteiger partial charge in [0.1, 0.15) is 0 Å². The lowest BCUT2D eigenvalue weighted by molar-refractivity contribution is -0.135. The second kappa shape index (κ2) is 6.19. The first-order valence-electron chi connectivity index (χ1n) is 8.20. The molecule has 23 heavy (non-hydrogen) atoms. The maximum absolute atomic E-state index is 12.4. The summed E-state index contributed by atoms with van der Waals surface area (Å²) in [5.74, 6) is 0.124. The van der Waals surface area contributed by atoms with Gasteiger partial charge in [-0.25, -0.2) is 4.98 Å². The molecule has 2 aliphatic rings. The summed E-state index contributed by atoms with van der Waals surface area (Å²) in [6.07, 6.45) is 2.75. The Hall–Kier alpha value is -1.50. The van der Waals surface area contributed by atoms with Gasteiger partial charge in [0.15, 0.2) is 0 Å². The zero-order chi connectivity index (χ0) is 15.7. The van der Waals surface area contributed by atoms with Gasteiger partial charge < -0.3 is 15.4 Å². The number of rotatable bonds is 4. The van der Waals surface area contributed by atoms with Gasteiger partial charge in [0.05, 0.1) is 21.3 Å². The summed E-state index contributed by atoms with van der Waals surface area (Å²) in [4.78, 5) is 17.0. The van der Waals surface area contributed by atoms with Crippen molar-refractivity contribution in [3.05, 3.63) is 29.3 Å². The molecule has 1 spiro atoms. The minimum atomic E-state index is -0.0539. The molecule has 3 heterocycles. The molecule has 0 saturated carbocycles. The number of aromatic nitrogens is 1. The molecule has 1 unspecified atom stereocenters. The number of thiazole rings is 1. The van der Waals surface area contributed by atoms with Gasteiger partial charge in [-0.05, 0) is 25.0 Å². The lowest BCUT2D eigenvalue weighted by Crippen LogP contribution is -2.69. The van der Waals surface area contributed by atoms with Gasteiger partial charge in [0.25, 0.3) is 0 Å². The highest BCUT2D eigenvalue weighted by molar-refractivity contribution is 7.18. The highest BCUT2D eigenvalue weighted by Crippen LogP contribution is 2.39. The van der Waals surface area contributed by atoms with Crippen LogP contribution >= 0.6 is 11.3 Å². The molecule has 6 heteroatoms. The predicted octanol–water partition coefficient (Wildman–Crippen LogP) is 1.72.